The molecule has 66 valence electrons. The van der Waals surface area contributed by atoms with Crippen LogP contribution in [0.2, 0.25) is 0 Å². The topological polar surface area (TPSA) is 18.5 Å². The first-order valence-corrected chi connectivity index (χ1v) is 4.61. The molecule has 2 nitrogen and oxygen atoms in total. The Morgan fingerprint density at radius 3 is 2.36 bits per heavy atom. The monoisotopic (exact) mass is 158 g/mol. The standard InChI is InChI=1S/C9H18O2/c1-3-10-11-9-6-4-8(2)5-7-9/h8-9H,3-7H2,1-2H3. The highest BCUT2D eigenvalue weighted by Crippen LogP contribution is 2.25. The summed E-state index contributed by atoms with van der Waals surface area (Å²) in [6.45, 7) is 4.91. The molecular weight excluding hydrogens is 140 g/mol. The third-order valence-corrected chi connectivity index (χ3v) is 2.28. The van der Waals surface area contributed by atoms with Gasteiger partial charge in [0, 0.05) is 0 Å². The van der Waals surface area contributed by atoms with Crippen molar-refractivity contribution in [2.75, 3.05) is 6.61 Å². The second-order valence-corrected chi connectivity index (χ2v) is 3.38. The molecule has 1 saturated carbocycles. The normalized spacial score (nSPS) is 32.2. The molecular formula is C9H18O2. The van der Waals surface area contributed by atoms with Crippen LogP contribution >= 0.6 is 0 Å². The maximum absolute atomic E-state index is 5.18. The molecule has 0 spiro atoms. The molecule has 2 heteroatoms. The minimum Gasteiger partial charge on any atom is -0.237 e. The molecule has 0 aliphatic heterocycles. The molecule has 1 rings (SSSR count). The lowest BCUT2D eigenvalue weighted by atomic mass is 9.89. The van der Waals surface area contributed by atoms with Gasteiger partial charge in [0.1, 0.15) is 0 Å². The van der Waals surface area contributed by atoms with Crippen LogP contribution in [0.3, 0.4) is 0 Å². The molecule has 0 aromatic heterocycles. The highest BCUT2D eigenvalue weighted by molar-refractivity contribution is 4.68. The van der Waals surface area contributed by atoms with Gasteiger partial charge in [-0.3, -0.25) is 0 Å². The first-order valence-electron chi connectivity index (χ1n) is 4.61. The molecule has 0 atom stereocenters. The highest BCUT2D eigenvalue weighted by Gasteiger charge is 2.18. The third kappa shape index (κ3) is 3.21. The van der Waals surface area contributed by atoms with E-state index in [0.717, 1.165) is 5.92 Å². The number of hydrogen-bond acceptors (Lipinski definition) is 2. The van der Waals surface area contributed by atoms with Gasteiger partial charge < -0.3 is 0 Å². The average molecular weight is 158 g/mol. The Morgan fingerprint density at radius 1 is 1.18 bits per heavy atom. The summed E-state index contributed by atoms with van der Waals surface area (Å²) < 4.78 is 0. The van der Waals surface area contributed by atoms with Crippen LogP contribution in [-0.4, -0.2) is 12.7 Å². The van der Waals surface area contributed by atoms with Crippen molar-refractivity contribution in [1.29, 1.82) is 0 Å². The van der Waals surface area contributed by atoms with Crippen LogP contribution in [0.5, 0.6) is 0 Å². The SMILES string of the molecule is CCOOC1CCC(C)CC1. The zero-order valence-electron chi connectivity index (χ0n) is 7.51. The molecule has 1 fully saturated rings. The Labute approximate surface area is 68.8 Å². The van der Waals surface area contributed by atoms with E-state index in [1.807, 2.05) is 6.92 Å². The Bertz CT molecular complexity index is 93.0. The molecule has 0 aromatic carbocycles. The van der Waals surface area contributed by atoms with Crippen molar-refractivity contribution >= 4 is 0 Å². The first-order chi connectivity index (χ1) is 5.33. The van der Waals surface area contributed by atoms with Gasteiger partial charge in [0.05, 0.1) is 12.7 Å². The van der Waals surface area contributed by atoms with Gasteiger partial charge in [-0.2, -0.15) is 0 Å². The van der Waals surface area contributed by atoms with E-state index in [-0.39, 0.29) is 0 Å². The van der Waals surface area contributed by atoms with Gasteiger partial charge in [0.15, 0.2) is 0 Å². The van der Waals surface area contributed by atoms with Gasteiger partial charge in [-0.05, 0) is 38.5 Å². The van der Waals surface area contributed by atoms with E-state index in [4.69, 9.17) is 9.78 Å². The molecule has 0 N–H and O–H groups in total. The Kier molecular flexibility index (Phi) is 3.87. The van der Waals surface area contributed by atoms with E-state index in [2.05, 4.69) is 6.92 Å². The lowest BCUT2D eigenvalue weighted by Gasteiger charge is -2.24. The van der Waals surface area contributed by atoms with Gasteiger partial charge >= 0.3 is 0 Å². The zero-order valence-corrected chi connectivity index (χ0v) is 7.51. The molecule has 0 radical (unpaired) electrons. The van der Waals surface area contributed by atoms with Crippen molar-refractivity contribution in [2.24, 2.45) is 5.92 Å². The number of rotatable bonds is 3. The summed E-state index contributed by atoms with van der Waals surface area (Å²) in [6, 6.07) is 0. The van der Waals surface area contributed by atoms with Crippen LogP contribution < -0.4 is 0 Å². The predicted octanol–water partition coefficient (Wildman–Crippen LogP) is 2.53. The summed E-state index contributed by atoms with van der Waals surface area (Å²) in [5.41, 5.74) is 0. The maximum atomic E-state index is 5.18. The van der Waals surface area contributed by atoms with E-state index < -0.39 is 0 Å². The summed E-state index contributed by atoms with van der Waals surface area (Å²) in [7, 11) is 0. The second-order valence-electron chi connectivity index (χ2n) is 3.38. The molecule has 1 aliphatic rings. The van der Waals surface area contributed by atoms with Crippen LogP contribution in [0, 0.1) is 5.92 Å². The van der Waals surface area contributed by atoms with Gasteiger partial charge in [-0.25, -0.2) is 9.78 Å². The fourth-order valence-corrected chi connectivity index (χ4v) is 1.49. The third-order valence-electron chi connectivity index (χ3n) is 2.28. The van der Waals surface area contributed by atoms with Crippen LogP contribution in [0.4, 0.5) is 0 Å². The number of hydrogen-bond donors (Lipinski definition) is 0. The maximum Gasteiger partial charge on any atom is 0.0930 e. The summed E-state index contributed by atoms with van der Waals surface area (Å²) >= 11 is 0. The van der Waals surface area contributed by atoms with E-state index in [0.29, 0.717) is 12.7 Å². The van der Waals surface area contributed by atoms with Gasteiger partial charge in [-0.1, -0.05) is 6.92 Å². The van der Waals surface area contributed by atoms with Crippen LogP contribution in [0.15, 0.2) is 0 Å². The Hall–Kier alpha value is -0.0800. The van der Waals surface area contributed by atoms with E-state index in [9.17, 15) is 0 Å². The summed E-state index contributed by atoms with van der Waals surface area (Å²) in [5.74, 6) is 0.886. The molecule has 0 bridgehead atoms. The first kappa shape index (κ1) is 9.01. The van der Waals surface area contributed by atoms with E-state index >= 15 is 0 Å². The Balaban J connectivity index is 2.07. The van der Waals surface area contributed by atoms with Gasteiger partial charge in [-0.15, -0.1) is 0 Å². The minimum absolute atomic E-state index is 0.367. The Morgan fingerprint density at radius 2 is 1.82 bits per heavy atom. The second kappa shape index (κ2) is 4.73. The van der Waals surface area contributed by atoms with Gasteiger partial charge in [0.2, 0.25) is 0 Å². The average Bonchev–Trinajstić information content (AvgIpc) is 2.04. The minimum atomic E-state index is 0.367. The van der Waals surface area contributed by atoms with Crippen molar-refractivity contribution in [1.82, 2.24) is 0 Å². The molecule has 1 aliphatic carbocycles. The molecule has 0 amide bonds. The summed E-state index contributed by atoms with van der Waals surface area (Å²) in [5, 5.41) is 0. The summed E-state index contributed by atoms with van der Waals surface area (Å²) in [4.78, 5) is 10.1. The van der Waals surface area contributed by atoms with Crippen LogP contribution in [0.1, 0.15) is 39.5 Å². The lowest BCUT2D eigenvalue weighted by Crippen LogP contribution is -2.20. The molecule has 0 saturated heterocycles. The summed E-state index contributed by atoms with van der Waals surface area (Å²) in [6.07, 6.45) is 5.28. The van der Waals surface area contributed by atoms with Crippen molar-refractivity contribution in [3.63, 3.8) is 0 Å². The van der Waals surface area contributed by atoms with Crippen molar-refractivity contribution < 1.29 is 9.78 Å². The molecule has 11 heavy (non-hydrogen) atoms. The van der Waals surface area contributed by atoms with Gasteiger partial charge in [0.25, 0.3) is 0 Å². The lowest BCUT2D eigenvalue weighted by molar-refractivity contribution is -0.326. The smallest absolute Gasteiger partial charge is 0.0930 e. The van der Waals surface area contributed by atoms with E-state index in [1.165, 1.54) is 25.7 Å². The van der Waals surface area contributed by atoms with Crippen molar-refractivity contribution in [3.8, 4) is 0 Å². The van der Waals surface area contributed by atoms with Crippen molar-refractivity contribution in [3.05, 3.63) is 0 Å². The fourth-order valence-electron chi connectivity index (χ4n) is 1.49. The quantitative estimate of drug-likeness (QED) is 0.464. The van der Waals surface area contributed by atoms with E-state index in [1.54, 1.807) is 0 Å². The largest absolute Gasteiger partial charge is 0.237 e. The predicted molar refractivity (Wildman–Crippen MR) is 44.1 cm³/mol. The molecule has 0 aromatic rings. The van der Waals surface area contributed by atoms with Crippen LogP contribution in [0.25, 0.3) is 0 Å². The molecule has 0 heterocycles. The van der Waals surface area contributed by atoms with Crippen LogP contribution in [-0.2, 0) is 9.78 Å². The fraction of sp³-hybridized carbons (Fsp3) is 1.00. The highest BCUT2D eigenvalue weighted by atomic mass is 17.2. The zero-order chi connectivity index (χ0) is 8.10. The molecule has 0 unspecified atom stereocenters. The van der Waals surface area contributed by atoms with Crippen molar-refractivity contribution in [2.45, 2.75) is 45.6 Å².